The van der Waals surface area contributed by atoms with Gasteiger partial charge in [0.05, 0.1) is 0 Å². The Bertz CT molecular complexity index is 520. The molecule has 3 heteroatoms. The van der Waals surface area contributed by atoms with Gasteiger partial charge in [0.25, 0.3) is 0 Å². The highest BCUT2D eigenvalue weighted by Crippen LogP contribution is 2.18. The van der Waals surface area contributed by atoms with Crippen LogP contribution < -0.4 is 0 Å². The van der Waals surface area contributed by atoms with E-state index in [0.717, 1.165) is 5.56 Å². The quantitative estimate of drug-likeness (QED) is 0.917. The van der Waals surface area contributed by atoms with Crippen molar-refractivity contribution >= 4 is 17.4 Å². The lowest BCUT2D eigenvalue weighted by Gasteiger charge is -2.10. The van der Waals surface area contributed by atoms with Gasteiger partial charge in [0.1, 0.15) is 6.10 Å². The fourth-order valence-electron chi connectivity index (χ4n) is 1.72. The van der Waals surface area contributed by atoms with Crippen molar-refractivity contribution in [3.05, 3.63) is 70.7 Å². The normalized spacial score (nSPS) is 12.1. The number of benzene rings is 2. The number of ketones is 1. The van der Waals surface area contributed by atoms with Gasteiger partial charge < -0.3 is 5.11 Å². The van der Waals surface area contributed by atoms with Crippen LogP contribution in [0.1, 0.15) is 17.2 Å². The van der Waals surface area contributed by atoms with Gasteiger partial charge in [0.15, 0.2) is 5.78 Å². The maximum atomic E-state index is 11.9. The van der Waals surface area contributed by atoms with Gasteiger partial charge in [-0.2, -0.15) is 0 Å². The van der Waals surface area contributed by atoms with Gasteiger partial charge in [-0.15, -0.1) is 0 Å². The van der Waals surface area contributed by atoms with Crippen LogP contribution in [0.4, 0.5) is 0 Å². The van der Waals surface area contributed by atoms with E-state index in [2.05, 4.69) is 0 Å². The maximum absolute atomic E-state index is 11.9. The summed E-state index contributed by atoms with van der Waals surface area (Å²) in [6, 6.07) is 16.0. The van der Waals surface area contributed by atoms with Gasteiger partial charge in [0, 0.05) is 11.4 Å². The summed E-state index contributed by atoms with van der Waals surface area (Å²) >= 11 is 5.76. The standard InChI is InChI=1S/C15H13ClO2/c16-13-8-6-12(7-9-13)15(18)14(17)10-11-4-2-1-3-5-11/h1-9,15,18H,10H2/t15-/m1/s1. The topological polar surface area (TPSA) is 37.3 Å². The number of Topliss-reactive ketones (excluding diaryl/α,β-unsaturated/α-hetero) is 1. The first kappa shape index (κ1) is 12.8. The summed E-state index contributed by atoms with van der Waals surface area (Å²) in [7, 11) is 0. The molecular formula is C15H13ClO2. The molecular weight excluding hydrogens is 248 g/mol. The van der Waals surface area contributed by atoms with E-state index in [1.807, 2.05) is 30.3 Å². The average molecular weight is 261 g/mol. The van der Waals surface area contributed by atoms with Crippen molar-refractivity contribution in [2.75, 3.05) is 0 Å². The Morgan fingerprint density at radius 1 is 1.06 bits per heavy atom. The molecule has 2 aromatic carbocycles. The molecule has 0 amide bonds. The summed E-state index contributed by atoms with van der Waals surface area (Å²) in [6.45, 7) is 0. The van der Waals surface area contributed by atoms with Crippen LogP contribution in [-0.2, 0) is 11.2 Å². The molecule has 2 nitrogen and oxygen atoms in total. The van der Waals surface area contributed by atoms with Gasteiger partial charge in [0.2, 0.25) is 0 Å². The van der Waals surface area contributed by atoms with Crippen LogP contribution in [-0.4, -0.2) is 10.9 Å². The third kappa shape index (κ3) is 3.19. The van der Waals surface area contributed by atoms with Crippen molar-refractivity contribution in [1.29, 1.82) is 0 Å². The second kappa shape index (κ2) is 5.80. The second-order valence-corrected chi connectivity index (χ2v) is 4.52. The molecule has 0 saturated carbocycles. The molecule has 18 heavy (non-hydrogen) atoms. The molecule has 0 fully saturated rings. The smallest absolute Gasteiger partial charge is 0.170 e. The van der Waals surface area contributed by atoms with Crippen LogP contribution in [0.2, 0.25) is 5.02 Å². The van der Waals surface area contributed by atoms with Crippen LogP contribution in [0, 0.1) is 0 Å². The molecule has 0 aliphatic rings. The van der Waals surface area contributed by atoms with Crippen LogP contribution in [0.3, 0.4) is 0 Å². The van der Waals surface area contributed by atoms with Crippen LogP contribution in [0.25, 0.3) is 0 Å². The summed E-state index contributed by atoms with van der Waals surface area (Å²) in [6.07, 6.45) is -0.868. The number of aliphatic hydroxyl groups excluding tert-OH is 1. The first-order chi connectivity index (χ1) is 8.66. The summed E-state index contributed by atoms with van der Waals surface area (Å²) in [4.78, 5) is 11.9. The van der Waals surface area contributed by atoms with Gasteiger partial charge >= 0.3 is 0 Å². The van der Waals surface area contributed by atoms with E-state index in [-0.39, 0.29) is 12.2 Å². The molecule has 2 rings (SSSR count). The van der Waals surface area contributed by atoms with E-state index < -0.39 is 6.10 Å². The van der Waals surface area contributed by atoms with E-state index in [1.165, 1.54) is 0 Å². The van der Waals surface area contributed by atoms with Gasteiger partial charge in [-0.3, -0.25) is 4.79 Å². The highest BCUT2D eigenvalue weighted by molar-refractivity contribution is 6.30. The Hall–Kier alpha value is -1.64. The molecule has 0 unspecified atom stereocenters. The molecule has 2 aromatic rings. The fourth-order valence-corrected chi connectivity index (χ4v) is 1.85. The monoisotopic (exact) mass is 260 g/mol. The van der Waals surface area contributed by atoms with Crippen molar-refractivity contribution in [2.24, 2.45) is 0 Å². The SMILES string of the molecule is O=C(Cc1ccccc1)[C@H](O)c1ccc(Cl)cc1. The van der Waals surface area contributed by atoms with Crippen molar-refractivity contribution in [3.63, 3.8) is 0 Å². The number of aliphatic hydroxyl groups is 1. The summed E-state index contributed by atoms with van der Waals surface area (Å²) in [5.41, 5.74) is 1.47. The Kier molecular flexibility index (Phi) is 4.13. The summed E-state index contributed by atoms with van der Waals surface area (Å²) in [5, 5.41) is 10.5. The molecule has 1 N–H and O–H groups in total. The van der Waals surface area contributed by atoms with E-state index in [9.17, 15) is 9.90 Å². The zero-order chi connectivity index (χ0) is 13.0. The minimum absolute atomic E-state index is 0.219. The van der Waals surface area contributed by atoms with E-state index >= 15 is 0 Å². The molecule has 0 aromatic heterocycles. The zero-order valence-electron chi connectivity index (χ0n) is 9.71. The van der Waals surface area contributed by atoms with Gasteiger partial charge in [-0.05, 0) is 23.3 Å². The van der Waals surface area contributed by atoms with Crippen LogP contribution in [0.15, 0.2) is 54.6 Å². The van der Waals surface area contributed by atoms with E-state index in [4.69, 9.17) is 11.6 Å². The van der Waals surface area contributed by atoms with Crippen molar-refractivity contribution in [2.45, 2.75) is 12.5 Å². The highest BCUT2D eigenvalue weighted by atomic mass is 35.5. The summed E-state index contributed by atoms with van der Waals surface area (Å²) < 4.78 is 0. The minimum atomic E-state index is -1.09. The van der Waals surface area contributed by atoms with E-state index in [1.54, 1.807) is 24.3 Å². The third-order valence-electron chi connectivity index (χ3n) is 2.71. The highest BCUT2D eigenvalue weighted by Gasteiger charge is 2.17. The van der Waals surface area contributed by atoms with E-state index in [0.29, 0.717) is 10.6 Å². The van der Waals surface area contributed by atoms with Gasteiger partial charge in [-0.25, -0.2) is 0 Å². The van der Waals surface area contributed by atoms with Crippen LogP contribution in [0.5, 0.6) is 0 Å². The Labute approximate surface area is 111 Å². The molecule has 0 saturated heterocycles. The number of carbonyl (C=O) groups excluding carboxylic acids is 1. The number of rotatable bonds is 4. The van der Waals surface area contributed by atoms with Crippen molar-refractivity contribution < 1.29 is 9.90 Å². The predicted molar refractivity (Wildman–Crippen MR) is 71.6 cm³/mol. The second-order valence-electron chi connectivity index (χ2n) is 4.08. The molecule has 0 radical (unpaired) electrons. The number of hydrogen-bond acceptors (Lipinski definition) is 2. The number of halogens is 1. The molecule has 0 spiro atoms. The van der Waals surface area contributed by atoms with Crippen LogP contribution >= 0.6 is 11.6 Å². The van der Waals surface area contributed by atoms with Gasteiger partial charge in [-0.1, -0.05) is 54.1 Å². The Morgan fingerprint density at radius 3 is 2.28 bits per heavy atom. The largest absolute Gasteiger partial charge is 0.381 e. The predicted octanol–water partition coefficient (Wildman–Crippen LogP) is 3.19. The van der Waals surface area contributed by atoms with Crippen molar-refractivity contribution in [1.82, 2.24) is 0 Å². The average Bonchev–Trinajstić information content (AvgIpc) is 2.40. The Morgan fingerprint density at radius 2 is 1.67 bits per heavy atom. The molecule has 92 valence electrons. The Balaban J connectivity index is 2.07. The number of hydrogen-bond donors (Lipinski definition) is 1. The lowest BCUT2D eigenvalue weighted by Crippen LogP contribution is -2.14. The lowest BCUT2D eigenvalue weighted by atomic mass is 10.0. The van der Waals surface area contributed by atoms with Crippen molar-refractivity contribution in [3.8, 4) is 0 Å². The summed E-state index contributed by atoms with van der Waals surface area (Å²) in [5.74, 6) is -0.219. The minimum Gasteiger partial charge on any atom is -0.381 e. The lowest BCUT2D eigenvalue weighted by molar-refractivity contribution is -0.126. The molecule has 0 bridgehead atoms. The molecule has 0 aliphatic carbocycles. The first-order valence-corrected chi connectivity index (χ1v) is 6.05. The maximum Gasteiger partial charge on any atom is 0.170 e. The fraction of sp³-hybridized carbons (Fsp3) is 0.133. The molecule has 0 heterocycles. The zero-order valence-corrected chi connectivity index (χ0v) is 10.5. The third-order valence-corrected chi connectivity index (χ3v) is 2.96. The molecule has 1 atom stereocenters. The number of carbonyl (C=O) groups is 1. The first-order valence-electron chi connectivity index (χ1n) is 5.67. The molecule has 0 aliphatic heterocycles.